The van der Waals surface area contributed by atoms with Crippen LogP contribution in [0.15, 0.2) is 30.5 Å². The van der Waals surface area contributed by atoms with Crippen molar-refractivity contribution in [2.45, 2.75) is 13.0 Å². The SMILES string of the molecule is Cn1ccc(CCn2c(N)nc3cc(Cl)ccc32)n1. The summed E-state index contributed by atoms with van der Waals surface area (Å²) in [5, 5.41) is 5.02. The average Bonchev–Trinajstić information content (AvgIpc) is 2.89. The van der Waals surface area contributed by atoms with Crippen molar-refractivity contribution in [3.8, 4) is 0 Å². The number of rotatable bonds is 3. The molecule has 0 bridgehead atoms. The molecule has 0 aliphatic rings. The van der Waals surface area contributed by atoms with Crippen molar-refractivity contribution in [1.29, 1.82) is 0 Å². The maximum absolute atomic E-state index is 5.96. The van der Waals surface area contributed by atoms with Gasteiger partial charge in [-0.3, -0.25) is 4.68 Å². The van der Waals surface area contributed by atoms with Gasteiger partial charge in [-0.1, -0.05) is 11.6 Å². The number of nitrogens with zero attached hydrogens (tertiary/aromatic N) is 4. The number of hydrogen-bond acceptors (Lipinski definition) is 3. The predicted molar refractivity (Wildman–Crippen MR) is 76.1 cm³/mol. The van der Waals surface area contributed by atoms with Crippen molar-refractivity contribution in [1.82, 2.24) is 19.3 Å². The number of aryl methyl sites for hydroxylation is 3. The number of imidazole rings is 1. The molecule has 0 amide bonds. The van der Waals surface area contributed by atoms with E-state index in [4.69, 9.17) is 17.3 Å². The third-order valence-corrected chi connectivity index (χ3v) is 3.34. The molecule has 3 aromatic rings. The molecule has 0 unspecified atom stereocenters. The van der Waals surface area contributed by atoms with Crippen molar-refractivity contribution < 1.29 is 0 Å². The van der Waals surface area contributed by atoms with Crippen molar-refractivity contribution in [3.05, 3.63) is 41.2 Å². The van der Waals surface area contributed by atoms with Gasteiger partial charge in [0.2, 0.25) is 5.95 Å². The van der Waals surface area contributed by atoms with E-state index in [1.165, 1.54) is 0 Å². The van der Waals surface area contributed by atoms with Crippen LogP contribution in [0, 0.1) is 0 Å². The first kappa shape index (κ1) is 12.0. The normalized spacial score (nSPS) is 11.3. The fourth-order valence-corrected chi connectivity index (χ4v) is 2.35. The summed E-state index contributed by atoms with van der Waals surface area (Å²) < 4.78 is 3.78. The molecule has 98 valence electrons. The molecule has 5 nitrogen and oxygen atoms in total. The first-order valence-corrected chi connectivity index (χ1v) is 6.41. The molecule has 0 atom stereocenters. The highest BCUT2D eigenvalue weighted by atomic mass is 35.5. The van der Waals surface area contributed by atoms with Gasteiger partial charge in [-0.15, -0.1) is 0 Å². The van der Waals surface area contributed by atoms with Crippen LogP contribution in [0.5, 0.6) is 0 Å². The maximum Gasteiger partial charge on any atom is 0.201 e. The second-order valence-electron chi connectivity index (χ2n) is 4.49. The fraction of sp³-hybridized carbons (Fsp3) is 0.231. The van der Waals surface area contributed by atoms with Crippen LogP contribution in [-0.2, 0) is 20.0 Å². The van der Waals surface area contributed by atoms with Gasteiger partial charge in [0.25, 0.3) is 0 Å². The monoisotopic (exact) mass is 275 g/mol. The van der Waals surface area contributed by atoms with Crippen molar-refractivity contribution in [2.75, 3.05) is 5.73 Å². The Labute approximate surface area is 115 Å². The van der Waals surface area contributed by atoms with E-state index in [9.17, 15) is 0 Å². The largest absolute Gasteiger partial charge is 0.369 e. The van der Waals surface area contributed by atoms with Crippen LogP contribution in [0.1, 0.15) is 5.69 Å². The molecule has 2 N–H and O–H groups in total. The number of nitrogens with two attached hydrogens (primary N) is 1. The van der Waals surface area contributed by atoms with Crippen LogP contribution in [0.2, 0.25) is 5.02 Å². The first-order chi connectivity index (χ1) is 9.13. The van der Waals surface area contributed by atoms with Crippen LogP contribution in [0.3, 0.4) is 0 Å². The van der Waals surface area contributed by atoms with E-state index < -0.39 is 0 Å². The summed E-state index contributed by atoms with van der Waals surface area (Å²) in [4.78, 5) is 4.32. The lowest BCUT2D eigenvalue weighted by Crippen LogP contribution is -2.06. The standard InChI is InChI=1S/C13H14ClN5/c1-18-6-4-10(17-18)5-7-19-12-3-2-9(14)8-11(12)16-13(19)15/h2-4,6,8H,5,7H2,1H3,(H2,15,16). The Morgan fingerprint density at radius 3 is 2.89 bits per heavy atom. The van der Waals surface area contributed by atoms with E-state index in [2.05, 4.69) is 10.1 Å². The summed E-state index contributed by atoms with van der Waals surface area (Å²) in [6, 6.07) is 7.62. The lowest BCUT2D eigenvalue weighted by atomic mass is 10.3. The summed E-state index contributed by atoms with van der Waals surface area (Å²) in [5.74, 6) is 0.508. The fourth-order valence-electron chi connectivity index (χ4n) is 2.18. The summed E-state index contributed by atoms with van der Waals surface area (Å²) in [5.41, 5.74) is 8.82. The zero-order valence-electron chi connectivity index (χ0n) is 10.5. The van der Waals surface area contributed by atoms with Gasteiger partial charge in [0, 0.05) is 31.2 Å². The molecule has 0 aliphatic heterocycles. The maximum atomic E-state index is 5.96. The summed E-state index contributed by atoms with van der Waals surface area (Å²) in [6.07, 6.45) is 2.75. The summed E-state index contributed by atoms with van der Waals surface area (Å²) in [6.45, 7) is 0.751. The smallest absolute Gasteiger partial charge is 0.201 e. The van der Waals surface area contributed by atoms with Crippen molar-refractivity contribution in [3.63, 3.8) is 0 Å². The highest BCUT2D eigenvalue weighted by molar-refractivity contribution is 6.31. The number of fused-ring (bicyclic) bond motifs is 1. The summed E-state index contributed by atoms with van der Waals surface area (Å²) >= 11 is 5.95. The molecule has 0 spiro atoms. The highest BCUT2D eigenvalue weighted by Crippen LogP contribution is 2.21. The van der Waals surface area contributed by atoms with E-state index in [1.807, 2.05) is 42.1 Å². The van der Waals surface area contributed by atoms with E-state index in [0.29, 0.717) is 11.0 Å². The van der Waals surface area contributed by atoms with E-state index in [-0.39, 0.29) is 0 Å². The van der Waals surface area contributed by atoms with Crippen molar-refractivity contribution in [2.24, 2.45) is 7.05 Å². The second-order valence-corrected chi connectivity index (χ2v) is 4.92. The van der Waals surface area contributed by atoms with Gasteiger partial charge in [-0.25, -0.2) is 4.98 Å². The lowest BCUT2D eigenvalue weighted by molar-refractivity contribution is 0.683. The molecule has 0 radical (unpaired) electrons. The second kappa shape index (κ2) is 4.59. The van der Waals surface area contributed by atoms with E-state index in [0.717, 1.165) is 29.7 Å². The molecule has 0 fully saturated rings. The molecule has 2 aromatic heterocycles. The molecule has 3 rings (SSSR count). The van der Waals surface area contributed by atoms with Crippen LogP contribution >= 0.6 is 11.6 Å². The van der Waals surface area contributed by atoms with Crippen LogP contribution in [-0.4, -0.2) is 19.3 Å². The molecule has 1 aromatic carbocycles. The van der Waals surface area contributed by atoms with E-state index in [1.54, 1.807) is 4.68 Å². The molecular weight excluding hydrogens is 262 g/mol. The Hall–Kier alpha value is -2.01. The molecule has 0 saturated heterocycles. The number of nitrogen functional groups attached to an aromatic ring is 1. The van der Waals surface area contributed by atoms with Crippen LogP contribution in [0.25, 0.3) is 11.0 Å². The Kier molecular flexibility index (Phi) is 2.91. The number of anilines is 1. The van der Waals surface area contributed by atoms with Crippen LogP contribution < -0.4 is 5.73 Å². The third kappa shape index (κ3) is 2.29. The Morgan fingerprint density at radius 1 is 1.32 bits per heavy atom. The zero-order valence-corrected chi connectivity index (χ0v) is 11.3. The zero-order chi connectivity index (χ0) is 13.4. The Morgan fingerprint density at radius 2 is 2.16 bits per heavy atom. The van der Waals surface area contributed by atoms with Gasteiger partial charge in [0.05, 0.1) is 16.7 Å². The minimum Gasteiger partial charge on any atom is -0.369 e. The lowest BCUT2D eigenvalue weighted by Gasteiger charge is -2.04. The van der Waals surface area contributed by atoms with Gasteiger partial charge in [0.1, 0.15) is 0 Å². The molecule has 0 aliphatic carbocycles. The minimum absolute atomic E-state index is 0.508. The molecule has 6 heteroatoms. The van der Waals surface area contributed by atoms with E-state index >= 15 is 0 Å². The number of halogens is 1. The molecular formula is C13H14ClN5. The van der Waals surface area contributed by atoms with Gasteiger partial charge in [-0.05, 0) is 24.3 Å². The Bertz CT molecular complexity index is 728. The summed E-state index contributed by atoms with van der Waals surface area (Å²) in [7, 11) is 1.91. The average molecular weight is 276 g/mol. The van der Waals surface area contributed by atoms with Gasteiger partial charge in [-0.2, -0.15) is 5.10 Å². The highest BCUT2D eigenvalue weighted by Gasteiger charge is 2.09. The number of aromatic nitrogens is 4. The van der Waals surface area contributed by atoms with Crippen LogP contribution in [0.4, 0.5) is 5.95 Å². The van der Waals surface area contributed by atoms with Gasteiger partial charge in [0.15, 0.2) is 0 Å². The van der Waals surface area contributed by atoms with Gasteiger partial charge < -0.3 is 10.3 Å². The Balaban J connectivity index is 1.90. The number of hydrogen-bond donors (Lipinski definition) is 1. The minimum atomic E-state index is 0.508. The quantitative estimate of drug-likeness (QED) is 0.797. The first-order valence-electron chi connectivity index (χ1n) is 6.03. The van der Waals surface area contributed by atoms with Crippen molar-refractivity contribution >= 4 is 28.6 Å². The molecule has 19 heavy (non-hydrogen) atoms. The van der Waals surface area contributed by atoms with Gasteiger partial charge >= 0.3 is 0 Å². The predicted octanol–water partition coefficient (Wildman–Crippen LogP) is 2.25. The molecule has 2 heterocycles. The third-order valence-electron chi connectivity index (χ3n) is 3.10. The topological polar surface area (TPSA) is 61.7 Å². The number of benzene rings is 1. The molecule has 0 saturated carbocycles.